The molecule has 2 aromatic carbocycles. The summed E-state index contributed by atoms with van der Waals surface area (Å²) in [7, 11) is 0. The zero-order valence-electron chi connectivity index (χ0n) is 14.2. The molecule has 0 saturated carbocycles. The van der Waals surface area contributed by atoms with Crippen LogP contribution < -0.4 is 4.74 Å². The third-order valence-corrected chi connectivity index (χ3v) is 4.79. The first kappa shape index (κ1) is 15.0. The molecule has 0 amide bonds. The Kier molecular flexibility index (Phi) is 3.60. The average Bonchev–Trinajstić information content (AvgIpc) is 3.16. The summed E-state index contributed by atoms with van der Waals surface area (Å²) >= 11 is 0. The molecule has 1 aliphatic rings. The number of aromatic nitrogens is 3. The normalized spacial score (nSPS) is 12.9. The Morgan fingerprint density at radius 3 is 2.58 bits per heavy atom. The number of rotatable bonds is 3. The highest BCUT2D eigenvalue weighted by Crippen LogP contribution is 2.32. The molecule has 0 saturated heterocycles. The predicted octanol–water partition coefficient (Wildman–Crippen LogP) is 4.97. The number of fused-ring (bicyclic) bond motifs is 2. The van der Waals surface area contributed by atoms with E-state index in [4.69, 9.17) is 9.72 Å². The first-order valence-electron chi connectivity index (χ1n) is 8.84. The van der Waals surface area contributed by atoms with Gasteiger partial charge in [0.15, 0.2) is 5.82 Å². The van der Waals surface area contributed by atoms with Crippen LogP contribution in [-0.4, -0.2) is 15.0 Å². The molecule has 2 heterocycles. The van der Waals surface area contributed by atoms with Crippen molar-refractivity contribution in [3.8, 4) is 23.0 Å². The Morgan fingerprint density at radius 2 is 1.65 bits per heavy atom. The van der Waals surface area contributed by atoms with Crippen LogP contribution in [0.15, 0.2) is 67.0 Å². The molecule has 0 fully saturated rings. The fourth-order valence-electron chi connectivity index (χ4n) is 3.48. The van der Waals surface area contributed by atoms with E-state index in [1.807, 2.05) is 42.5 Å². The first-order valence-corrected chi connectivity index (χ1v) is 8.84. The topological polar surface area (TPSA) is 47.9 Å². The number of aryl methyl sites for hydroxylation is 2. The van der Waals surface area contributed by atoms with Gasteiger partial charge in [-0.05, 0) is 66.8 Å². The zero-order chi connectivity index (χ0) is 17.3. The second-order valence-electron chi connectivity index (χ2n) is 6.49. The molecule has 0 spiro atoms. The quantitative estimate of drug-likeness (QED) is 0.528. The van der Waals surface area contributed by atoms with E-state index in [9.17, 15) is 0 Å². The standard InChI is InChI=1S/C22H17N3O/c1-2-7-20-19(6-1)22(25-21(24-20)16-10-12-23-13-11-16)26-18-9-8-15-4-3-5-17(15)14-18/h1-2,6-14H,3-5H2. The van der Waals surface area contributed by atoms with Gasteiger partial charge in [0, 0.05) is 18.0 Å². The van der Waals surface area contributed by atoms with Crippen molar-refractivity contribution in [3.63, 3.8) is 0 Å². The highest BCUT2D eigenvalue weighted by molar-refractivity contribution is 5.85. The molecule has 4 aromatic rings. The van der Waals surface area contributed by atoms with E-state index in [0.717, 1.165) is 35.1 Å². The Bertz CT molecular complexity index is 1090. The minimum Gasteiger partial charge on any atom is -0.438 e. The molecule has 5 rings (SSSR count). The Hall–Kier alpha value is -3.27. The molecule has 2 aromatic heterocycles. The van der Waals surface area contributed by atoms with Crippen molar-refractivity contribution in [1.82, 2.24) is 15.0 Å². The third kappa shape index (κ3) is 2.69. The van der Waals surface area contributed by atoms with Gasteiger partial charge in [0.1, 0.15) is 5.75 Å². The van der Waals surface area contributed by atoms with E-state index in [1.54, 1.807) is 12.4 Å². The number of ether oxygens (including phenoxy) is 1. The van der Waals surface area contributed by atoms with Gasteiger partial charge in [0.25, 0.3) is 0 Å². The van der Waals surface area contributed by atoms with E-state index in [1.165, 1.54) is 17.5 Å². The van der Waals surface area contributed by atoms with Gasteiger partial charge in [0.2, 0.25) is 5.88 Å². The van der Waals surface area contributed by atoms with Gasteiger partial charge in [-0.25, -0.2) is 4.98 Å². The minimum atomic E-state index is 0.584. The molecular weight excluding hydrogens is 322 g/mol. The highest BCUT2D eigenvalue weighted by atomic mass is 16.5. The van der Waals surface area contributed by atoms with Gasteiger partial charge in [0.05, 0.1) is 10.9 Å². The molecule has 0 radical (unpaired) electrons. The van der Waals surface area contributed by atoms with E-state index in [-0.39, 0.29) is 0 Å². The largest absolute Gasteiger partial charge is 0.438 e. The molecule has 1 aliphatic carbocycles. The molecule has 0 aliphatic heterocycles. The summed E-state index contributed by atoms with van der Waals surface area (Å²) in [6, 6.07) is 18.1. The van der Waals surface area contributed by atoms with Crippen LogP contribution in [0, 0.1) is 0 Å². The van der Waals surface area contributed by atoms with Crippen LogP contribution in [0.2, 0.25) is 0 Å². The Balaban J connectivity index is 1.62. The minimum absolute atomic E-state index is 0.584. The molecule has 0 atom stereocenters. The summed E-state index contributed by atoms with van der Waals surface area (Å²) in [6.07, 6.45) is 7.00. The van der Waals surface area contributed by atoms with Gasteiger partial charge in [-0.2, -0.15) is 4.98 Å². The van der Waals surface area contributed by atoms with E-state index < -0.39 is 0 Å². The van der Waals surface area contributed by atoms with Crippen LogP contribution in [0.1, 0.15) is 17.5 Å². The molecule has 4 nitrogen and oxygen atoms in total. The van der Waals surface area contributed by atoms with Crippen molar-refractivity contribution in [3.05, 3.63) is 78.1 Å². The number of hydrogen-bond donors (Lipinski definition) is 0. The van der Waals surface area contributed by atoms with Crippen LogP contribution in [0.4, 0.5) is 0 Å². The number of para-hydroxylation sites is 1. The summed E-state index contributed by atoms with van der Waals surface area (Å²) < 4.78 is 6.21. The fraction of sp³-hybridized carbons (Fsp3) is 0.136. The van der Waals surface area contributed by atoms with E-state index >= 15 is 0 Å². The summed E-state index contributed by atoms with van der Waals surface area (Å²) in [5.41, 5.74) is 4.60. The lowest BCUT2D eigenvalue weighted by molar-refractivity contribution is 0.468. The smallest absolute Gasteiger partial charge is 0.230 e. The fourth-order valence-corrected chi connectivity index (χ4v) is 3.48. The highest BCUT2D eigenvalue weighted by Gasteiger charge is 2.14. The van der Waals surface area contributed by atoms with Gasteiger partial charge in [-0.15, -0.1) is 0 Å². The summed E-state index contributed by atoms with van der Waals surface area (Å²) in [5.74, 6) is 2.05. The summed E-state index contributed by atoms with van der Waals surface area (Å²) in [6.45, 7) is 0. The number of nitrogens with zero attached hydrogens (tertiary/aromatic N) is 3. The summed E-state index contributed by atoms with van der Waals surface area (Å²) in [4.78, 5) is 13.5. The Morgan fingerprint density at radius 1 is 0.808 bits per heavy atom. The predicted molar refractivity (Wildman–Crippen MR) is 101 cm³/mol. The van der Waals surface area contributed by atoms with Crippen molar-refractivity contribution < 1.29 is 4.74 Å². The van der Waals surface area contributed by atoms with Gasteiger partial charge < -0.3 is 4.74 Å². The van der Waals surface area contributed by atoms with Crippen molar-refractivity contribution in [1.29, 1.82) is 0 Å². The number of pyridine rings is 1. The molecule has 0 unspecified atom stereocenters. The monoisotopic (exact) mass is 339 g/mol. The lowest BCUT2D eigenvalue weighted by Gasteiger charge is -2.11. The maximum atomic E-state index is 6.21. The van der Waals surface area contributed by atoms with Crippen molar-refractivity contribution in [2.45, 2.75) is 19.3 Å². The zero-order valence-corrected chi connectivity index (χ0v) is 14.2. The van der Waals surface area contributed by atoms with Crippen molar-refractivity contribution in [2.24, 2.45) is 0 Å². The molecule has 0 bridgehead atoms. The second kappa shape index (κ2) is 6.23. The number of hydrogen-bond acceptors (Lipinski definition) is 4. The number of benzene rings is 2. The van der Waals surface area contributed by atoms with E-state index in [0.29, 0.717) is 11.7 Å². The van der Waals surface area contributed by atoms with Crippen molar-refractivity contribution >= 4 is 10.9 Å². The third-order valence-electron chi connectivity index (χ3n) is 4.79. The maximum absolute atomic E-state index is 6.21. The van der Waals surface area contributed by atoms with Crippen LogP contribution in [-0.2, 0) is 12.8 Å². The van der Waals surface area contributed by atoms with Crippen LogP contribution in [0.25, 0.3) is 22.3 Å². The molecule has 0 N–H and O–H groups in total. The Labute approximate surface area is 151 Å². The van der Waals surface area contributed by atoms with Crippen LogP contribution in [0.5, 0.6) is 11.6 Å². The molecule has 4 heteroatoms. The lowest BCUT2D eigenvalue weighted by Crippen LogP contribution is -1.96. The van der Waals surface area contributed by atoms with Crippen LogP contribution >= 0.6 is 0 Å². The average molecular weight is 339 g/mol. The molecular formula is C22H17N3O. The lowest BCUT2D eigenvalue weighted by atomic mass is 10.1. The van der Waals surface area contributed by atoms with E-state index in [2.05, 4.69) is 22.1 Å². The maximum Gasteiger partial charge on any atom is 0.230 e. The first-order chi connectivity index (χ1) is 12.9. The molecule has 126 valence electrons. The van der Waals surface area contributed by atoms with Gasteiger partial charge in [-0.3, -0.25) is 4.98 Å². The van der Waals surface area contributed by atoms with Crippen LogP contribution in [0.3, 0.4) is 0 Å². The van der Waals surface area contributed by atoms with Crippen molar-refractivity contribution in [2.75, 3.05) is 0 Å². The van der Waals surface area contributed by atoms with Gasteiger partial charge in [-0.1, -0.05) is 18.2 Å². The summed E-state index contributed by atoms with van der Waals surface area (Å²) in [5, 5.41) is 0.908. The van der Waals surface area contributed by atoms with Gasteiger partial charge >= 0.3 is 0 Å². The SMILES string of the molecule is c1ccc2c(Oc3ccc4c(c3)CCC4)nc(-c3ccncc3)nc2c1. The second-order valence-corrected chi connectivity index (χ2v) is 6.49. The molecule has 26 heavy (non-hydrogen) atoms.